The van der Waals surface area contributed by atoms with Crippen LogP contribution < -0.4 is 10.9 Å². The standard InChI is InChI=1S/C22H23N5O2S/c1-3-12-26-20(29)17-10-5-6-11-18(17)27-21(26)24-25-22(27)30-14-19(28)23-16-9-7-8-15(4-2)13-16/h5-11,13H,3-4,12,14H2,1-2H3,(H,23,28). The third-order valence-electron chi connectivity index (χ3n) is 4.88. The zero-order chi connectivity index (χ0) is 21.1. The molecule has 0 aliphatic heterocycles. The summed E-state index contributed by atoms with van der Waals surface area (Å²) < 4.78 is 3.51. The van der Waals surface area contributed by atoms with E-state index in [4.69, 9.17) is 0 Å². The van der Waals surface area contributed by atoms with Crippen molar-refractivity contribution < 1.29 is 4.79 Å². The Balaban J connectivity index is 1.63. The molecule has 2 aromatic carbocycles. The molecule has 0 saturated carbocycles. The van der Waals surface area contributed by atoms with E-state index in [0.717, 1.165) is 24.0 Å². The second-order valence-electron chi connectivity index (χ2n) is 6.98. The minimum Gasteiger partial charge on any atom is -0.325 e. The van der Waals surface area contributed by atoms with E-state index in [1.54, 1.807) is 4.57 Å². The molecule has 30 heavy (non-hydrogen) atoms. The maximum atomic E-state index is 12.9. The van der Waals surface area contributed by atoms with Gasteiger partial charge in [0.15, 0.2) is 5.16 Å². The number of fused-ring (bicyclic) bond motifs is 3. The minimum atomic E-state index is -0.115. The second-order valence-corrected chi connectivity index (χ2v) is 7.93. The van der Waals surface area contributed by atoms with Crippen LogP contribution in [0.25, 0.3) is 16.7 Å². The van der Waals surface area contributed by atoms with Crippen molar-refractivity contribution in [1.29, 1.82) is 0 Å². The second kappa shape index (κ2) is 8.71. The Morgan fingerprint density at radius 2 is 1.93 bits per heavy atom. The number of aryl methyl sites for hydroxylation is 2. The fourth-order valence-electron chi connectivity index (χ4n) is 3.45. The number of benzene rings is 2. The summed E-state index contributed by atoms with van der Waals surface area (Å²) >= 11 is 1.30. The molecule has 0 aliphatic rings. The van der Waals surface area contributed by atoms with Crippen LogP contribution in [0, 0.1) is 0 Å². The van der Waals surface area contributed by atoms with E-state index in [1.165, 1.54) is 17.3 Å². The van der Waals surface area contributed by atoms with Crippen molar-refractivity contribution in [3.8, 4) is 0 Å². The van der Waals surface area contributed by atoms with Gasteiger partial charge >= 0.3 is 0 Å². The Morgan fingerprint density at radius 3 is 2.73 bits per heavy atom. The van der Waals surface area contributed by atoms with Gasteiger partial charge in [-0.2, -0.15) is 0 Å². The molecule has 4 aromatic rings. The Hall–Kier alpha value is -3.13. The van der Waals surface area contributed by atoms with Gasteiger partial charge in [0.2, 0.25) is 11.7 Å². The van der Waals surface area contributed by atoms with Gasteiger partial charge in [-0.05, 0) is 42.7 Å². The first kappa shape index (κ1) is 20.2. The third kappa shape index (κ3) is 3.82. The van der Waals surface area contributed by atoms with Crippen LogP contribution in [0.1, 0.15) is 25.8 Å². The average molecular weight is 422 g/mol. The molecule has 0 unspecified atom stereocenters. The Kier molecular flexibility index (Phi) is 5.85. The maximum absolute atomic E-state index is 12.9. The topological polar surface area (TPSA) is 81.3 Å². The number of hydrogen-bond acceptors (Lipinski definition) is 5. The van der Waals surface area contributed by atoms with Crippen LogP contribution in [0.4, 0.5) is 5.69 Å². The molecule has 1 N–H and O–H groups in total. The summed E-state index contributed by atoms with van der Waals surface area (Å²) in [4.78, 5) is 25.4. The predicted octanol–water partition coefficient (Wildman–Crippen LogP) is 3.75. The zero-order valence-electron chi connectivity index (χ0n) is 17.0. The molecule has 2 heterocycles. The van der Waals surface area contributed by atoms with Gasteiger partial charge in [0.1, 0.15) is 0 Å². The highest BCUT2D eigenvalue weighted by atomic mass is 32.2. The van der Waals surface area contributed by atoms with E-state index in [9.17, 15) is 9.59 Å². The van der Waals surface area contributed by atoms with E-state index >= 15 is 0 Å². The maximum Gasteiger partial charge on any atom is 0.262 e. The van der Waals surface area contributed by atoms with Crippen LogP contribution in [-0.4, -0.2) is 30.8 Å². The average Bonchev–Trinajstić information content (AvgIpc) is 3.19. The van der Waals surface area contributed by atoms with Crippen LogP contribution in [0.2, 0.25) is 0 Å². The number of aromatic nitrogens is 4. The number of anilines is 1. The van der Waals surface area contributed by atoms with E-state index in [0.29, 0.717) is 22.9 Å². The molecule has 0 radical (unpaired) electrons. The van der Waals surface area contributed by atoms with Crippen LogP contribution in [0.5, 0.6) is 0 Å². The number of rotatable bonds is 7. The third-order valence-corrected chi connectivity index (χ3v) is 5.81. The monoisotopic (exact) mass is 421 g/mol. The van der Waals surface area contributed by atoms with Gasteiger partial charge in [-0.1, -0.05) is 49.9 Å². The van der Waals surface area contributed by atoms with Gasteiger partial charge in [-0.25, -0.2) is 0 Å². The fourth-order valence-corrected chi connectivity index (χ4v) is 4.19. The van der Waals surface area contributed by atoms with E-state index in [2.05, 4.69) is 22.4 Å². The van der Waals surface area contributed by atoms with E-state index in [1.807, 2.05) is 59.9 Å². The SMILES string of the molecule is CCCn1c(=O)c2ccccc2n2c(SCC(=O)Nc3cccc(CC)c3)nnc12. The highest BCUT2D eigenvalue weighted by Crippen LogP contribution is 2.22. The predicted molar refractivity (Wildman–Crippen MR) is 120 cm³/mol. The number of carbonyl (C=O) groups excluding carboxylic acids is 1. The smallest absolute Gasteiger partial charge is 0.262 e. The molecular weight excluding hydrogens is 398 g/mol. The van der Waals surface area contributed by atoms with Crippen molar-refractivity contribution in [2.75, 3.05) is 11.1 Å². The lowest BCUT2D eigenvalue weighted by molar-refractivity contribution is -0.113. The number of nitrogens with one attached hydrogen (secondary N) is 1. The molecule has 4 rings (SSSR count). The lowest BCUT2D eigenvalue weighted by Gasteiger charge is -2.10. The van der Waals surface area contributed by atoms with Gasteiger partial charge in [0, 0.05) is 12.2 Å². The summed E-state index contributed by atoms with van der Waals surface area (Å²) in [6, 6.07) is 15.3. The molecule has 0 aliphatic carbocycles. The molecule has 1 amide bonds. The van der Waals surface area contributed by atoms with Crippen molar-refractivity contribution in [3.63, 3.8) is 0 Å². The summed E-state index contributed by atoms with van der Waals surface area (Å²) in [5.74, 6) is 0.577. The molecule has 0 saturated heterocycles. The van der Waals surface area contributed by atoms with Gasteiger partial charge < -0.3 is 5.32 Å². The summed E-state index contributed by atoms with van der Waals surface area (Å²) in [6.45, 7) is 4.65. The molecule has 0 spiro atoms. The molecule has 0 atom stereocenters. The van der Waals surface area contributed by atoms with Crippen LogP contribution in [0.15, 0.2) is 58.5 Å². The lowest BCUT2D eigenvalue weighted by atomic mass is 10.1. The molecular formula is C22H23N5O2S. The van der Waals surface area contributed by atoms with Crippen molar-refractivity contribution in [3.05, 3.63) is 64.4 Å². The van der Waals surface area contributed by atoms with Gasteiger partial charge in [-0.15, -0.1) is 10.2 Å². The zero-order valence-corrected chi connectivity index (χ0v) is 17.8. The number of para-hydroxylation sites is 1. The fraction of sp³-hybridized carbons (Fsp3) is 0.273. The van der Waals surface area contributed by atoms with Gasteiger partial charge in [0.25, 0.3) is 5.56 Å². The Morgan fingerprint density at radius 1 is 1.10 bits per heavy atom. The van der Waals surface area contributed by atoms with Crippen molar-refractivity contribution >= 4 is 40.0 Å². The molecule has 7 nitrogen and oxygen atoms in total. The van der Waals surface area contributed by atoms with Crippen molar-refractivity contribution in [1.82, 2.24) is 19.2 Å². The normalized spacial score (nSPS) is 11.3. The van der Waals surface area contributed by atoms with Gasteiger partial charge in [-0.3, -0.25) is 18.6 Å². The Bertz CT molecular complexity index is 1280. The number of carbonyl (C=O) groups is 1. The lowest BCUT2D eigenvalue weighted by Crippen LogP contribution is -2.23. The van der Waals surface area contributed by atoms with Gasteiger partial charge in [0.05, 0.1) is 16.7 Å². The molecule has 154 valence electrons. The first-order valence-corrected chi connectivity index (χ1v) is 11.0. The van der Waals surface area contributed by atoms with E-state index < -0.39 is 0 Å². The number of thioether (sulfide) groups is 1. The Labute approximate surface area is 178 Å². The molecule has 8 heteroatoms. The summed E-state index contributed by atoms with van der Waals surface area (Å²) in [5, 5.41) is 12.7. The largest absolute Gasteiger partial charge is 0.325 e. The molecule has 0 fully saturated rings. The van der Waals surface area contributed by atoms with Crippen LogP contribution in [-0.2, 0) is 17.8 Å². The van der Waals surface area contributed by atoms with E-state index in [-0.39, 0.29) is 17.2 Å². The van der Waals surface area contributed by atoms with Crippen molar-refractivity contribution in [2.45, 2.75) is 38.4 Å². The minimum absolute atomic E-state index is 0.0718. The number of amides is 1. The number of nitrogens with zero attached hydrogens (tertiary/aromatic N) is 4. The summed E-state index contributed by atoms with van der Waals surface area (Å²) in [6.07, 6.45) is 1.72. The molecule has 2 aromatic heterocycles. The summed E-state index contributed by atoms with van der Waals surface area (Å²) in [5.41, 5.74) is 2.63. The first-order chi connectivity index (χ1) is 14.6. The summed E-state index contributed by atoms with van der Waals surface area (Å²) in [7, 11) is 0. The highest BCUT2D eigenvalue weighted by molar-refractivity contribution is 7.99. The molecule has 0 bridgehead atoms. The first-order valence-electron chi connectivity index (χ1n) is 10.0. The highest BCUT2D eigenvalue weighted by Gasteiger charge is 2.17. The van der Waals surface area contributed by atoms with Crippen LogP contribution in [0.3, 0.4) is 0 Å². The van der Waals surface area contributed by atoms with Crippen molar-refractivity contribution in [2.24, 2.45) is 0 Å². The quantitative estimate of drug-likeness (QED) is 0.460. The van der Waals surface area contributed by atoms with Crippen LogP contribution >= 0.6 is 11.8 Å². The number of hydrogen-bond donors (Lipinski definition) is 1.